The Morgan fingerprint density at radius 3 is 2.83 bits per heavy atom. The first-order chi connectivity index (χ1) is 11.1. The number of hydrogen-bond donors (Lipinski definition) is 2. The summed E-state index contributed by atoms with van der Waals surface area (Å²) in [6, 6.07) is 7.74. The molecule has 0 aliphatic rings. The molecule has 0 saturated heterocycles. The molecule has 0 fully saturated rings. The minimum absolute atomic E-state index is 0.0268. The van der Waals surface area contributed by atoms with Crippen molar-refractivity contribution in [2.45, 2.75) is 39.3 Å². The van der Waals surface area contributed by atoms with Gasteiger partial charge in [0.2, 0.25) is 5.91 Å². The molecule has 0 spiro atoms. The number of ether oxygens (including phenoxy) is 1. The number of fused-ring (bicyclic) bond motifs is 1. The Bertz CT molecular complexity index is 651. The summed E-state index contributed by atoms with van der Waals surface area (Å²) in [5.41, 5.74) is 1.00. The topological polar surface area (TPSA) is 63.5 Å². The lowest BCUT2D eigenvalue weighted by Gasteiger charge is -2.22. The molecule has 2 N–H and O–H groups in total. The standard InChI is InChI=1S/C18H26N2O3/c1-4-13(2)15(12-21)19-17(22)9-11-20-10-8-14-6-5-7-16(23-3)18(14)20/h5-8,10,13,15,21H,4,9,11-12H2,1-3H3,(H,19,22)/t13-,15+/m1/s1. The maximum Gasteiger partial charge on any atom is 0.222 e. The van der Waals surface area contributed by atoms with E-state index in [-0.39, 0.29) is 24.5 Å². The zero-order chi connectivity index (χ0) is 16.8. The molecule has 0 aliphatic heterocycles. The third-order valence-corrected chi connectivity index (χ3v) is 4.43. The molecule has 0 bridgehead atoms. The fraction of sp³-hybridized carbons (Fsp3) is 0.500. The van der Waals surface area contributed by atoms with Gasteiger partial charge in [-0.15, -0.1) is 0 Å². The summed E-state index contributed by atoms with van der Waals surface area (Å²) < 4.78 is 7.44. The van der Waals surface area contributed by atoms with E-state index >= 15 is 0 Å². The van der Waals surface area contributed by atoms with E-state index in [9.17, 15) is 9.90 Å². The maximum atomic E-state index is 12.2. The number of carbonyl (C=O) groups is 1. The zero-order valence-electron chi connectivity index (χ0n) is 14.1. The van der Waals surface area contributed by atoms with Crippen LogP contribution in [0.2, 0.25) is 0 Å². The van der Waals surface area contributed by atoms with Crippen LogP contribution in [0.4, 0.5) is 0 Å². The third-order valence-electron chi connectivity index (χ3n) is 4.43. The van der Waals surface area contributed by atoms with E-state index in [4.69, 9.17) is 4.74 Å². The maximum absolute atomic E-state index is 12.2. The first-order valence-electron chi connectivity index (χ1n) is 8.12. The second-order valence-electron chi connectivity index (χ2n) is 5.90. The van der Waals surface area contributed by atoms with Crippen LogP contribution in [0, 0.1) is 5.92 Å². The average Bonchev–Trinajstić information content (AvgIpc) is 3.00. The quantitative estimate of drug-likeness (QED) is 0.786. The smallest absolute Gasteiger partial charge is 0.222 e. The molecule has 0 unspecified atom stereocenters. The number of benzene rings is 1. The van der Waals surface area contributed by atoms with E-state index in [0.29, 0.717) is 13.0 Å². The summed E-state index contributed by atoms with van der Waals surface area (Å²) >= 11 is 0. The van der Waals surface area contributed by atoms with Gasteiger partial charge in [0.05, 0.1) is 25.3 Å². The molecular formula is C18H26N2O3. The van der Waals surface area contributed by atoms with E-state index in [1.807, 2.05) is 42.0 Å². The van der Waals surface area contributed by atoms with Crippen molar-refractivity contribution in [3.63, 3.8) is 0 Å². The molecule has 1 amide bonds. The van der Waals surface area contributed by atoms with Gasteiger partial charge >= 0.3 is 0 Å². The SMILES string of the molecule is CC[C@@H](C)[C@H](CO)NC(=O)CCn1ccc2cccc(OC)c21. The number of methoxy groups -OCH3 is 1. The fourth-order valence-corrected chi connectivity index (χ4v) is 2.73. The van der Waals surface area contributed by atoms with E-state index < -0.39 is 0 Å². The lowest BCUT2D eigenvalue weighted by atomic mass is 10.00. The number of carbonyl (C=O) groups excluding carboxylic acids is 1. The van der Waals surface area contributed by atoms with Gasteiger partial charge in [-0.2, -0.15) is 0 Å². The van der Waals surface area contributed by atoms with Gasteiger partial charge in [0.25, 0.3) is 0 Å². The van der Waals surface area contributed by atoms with Crippen LogP contribution in [-0.2, 0) is 11.3 Å². The molecule has 2 atom stereocenters. The molecule has 2 aromatic rings. The highest BCUT2D eigenvalue weighted by Gasteiger charge is 2.17. The molecular weight excluding hydrogens is 292 g/mol. The predicted molar refractivity (Wildman–Crippen MR) is 91.6 cm³/mol. The third kappa shape index (κ3) is 4.05. The van der Waals surface area contributed by atoms with Gasteiger partial charge in [-0.05, 0) is 18.1 Å². The Hall–Kier alpha value is -2.01. The van der Waals surface area contributed by atoms with Crippen LogP contribution in [0.25, 0.3) is 10.9 Å². The Kier molecular flexibility index (Phi) is 6.04. The van der Waals surface area contributed by atoms with Gasteiger partial charge in [-0.25, -0.2) is 0 Å². The molecule has 2 rings (SSSR count). The predicted octanol–water partition coefficient (Wildman–Crippen LogP) is 2.56. The molecule has 0 radical (unpaired) electrons. The van der Waals surface area contributed by atoms with Crippen LogP contribution in [-0.4, -0.2) is 35.3 Å². The zero-order valence-corrected chi connectivity index (χ0v) is 14.1. The van der Waals surface area contributed by atoms with Crippen LogP contribution in [0.3, 0.4) is 0 Å². The van der Waals surface area contributed by atoms with E-state index in [1.165, 1.54) is 0 Å². The van der Waals surface area contributed by atoms with Crippen molar-refractivity contribution in [3.8, 4) is 5.75 Å². The Balaban J connectivity index is 2.02. The number of aromatic nitrogens is 1. The second-order valence-corrected chi connectivity index (χ2v) is 5.90. The van der Waals surface area contributed by atoms with Gasteiger partial charge in [0, 0.05) is 24.5 Å². The highest BCUT2D eigenvalue weighted by molar-refractivity contribution is 5.86. The number of hydrogen-bond acceptors (Lipinski definition) is 3. The fourth-order valence-electron chi connectivity index (χ4n) is 2.73. The van der Waals surface area contributed by atoms with Crippen molar-refractivity contribution in [2.75, 3.05) is 13.7 Å². The summed E-state index contributed by atoms with van der Waals surface area (Å²) in [6.07, 6.45) is 3.26. The van der Waals surface area contributed by atoms with Gasteiger partial charge < -0.3 is 19.7 Å². The number of aliphatic hydroxyl groups is 1. The Labute approximate surface area is 137 Å². The van der Waals surface area contributed by atoms with Crippen molar-refractivity contribution < 1.29 is 14.6 Å². The van der Waals surface area contributed by atoms with Gasteiger partial charge in [0.15, 0.2) is 0 Å². The first kappa shape index (κ1) is 17.3. The minimum atomic E-state index is -0.177. The normalized spacial score (nSPS) is 13.7. The minimum Gasteiger partial charge on any atom is -0.495 e. The molecule has 5 nitrogen and oxygen atoms in total. The summed E-state index contributed by atoms with van der Waals surface area (Å²) in [6.45, 7) is 4.64. The van der Waals surface area contributed by atoms with E-state index in [2.05, 4.69) is 12.2 Å². The van der Waals surface area contributed by atoms with Crippen molar-refractivity contribution in [1.82, 2.24) is 9.88 Å². The highest BCUT2D eigenvalue weighted by atomic mass is 16.5. The summed E-state index contributed by atoms with van der Waals surface area (Å²) in [5.74, 6) is 1.03. The van der Waals surface area contributed by atoms with Crippen LogP contribution in [0.1, 0.15) is 26.7 Å². The number of nitrogens with zero attached hydrogens (tertiary/aromatic N) is 1. The number of aliphatic hydroxyl groups excluding tert-OH is 1. The van der Waals surface area contributed by atoms with Gasteiger partial charge in [0.1, 0.15) is 5.75 Å². The lowest BCUT2D eigenvalue weighted by molar-refractivity contribution is -0.122. The van der Waals surface area contributed by atoms with E-state index in [0.717, 1.165) is 23.1 Å². The largest absolute Gasteiger partial charge is 0.495 e. The number of nitrogens with one attached hydrogen (secondary N) is 1. The van der Waals surface area contributed by atoms with Crippen molar-refractivity contribution >= 4 is 16.8 Å². The molecule has 0 aliphatic carbocycles. The van der Waals surface area contributed by atoms with Crippen molar-refractivity contribution in [2.24, 2.45) is 5.92 Å². The van der Waals surface area contributed by atoms with Crippen LogP contribution >= 0.6 is 0 Å². The molecule has 1 heterocycles. The summed E-state index contributed by atoms with van der Waals surface area (Å²) in [4.78, 5) is 12.2. The molecule has 1 aromatic carbocycles. The Morgan fingerprint density at radius 1 is 1.39 bits per heavy atom. The van der Waals surface area contributed by atoms with Crippen molar-refractivity contribution in [1.29, 1.82) is 0 Å². The van der Waals surface area contributed by atoms with E-state index in [1.54, 1.807) is 7.11 Å². The van der Waals surface area contributed by atoms with Crippen LogP contribution < -0.4 is 10.1 Å². The average molecular weight is 318 g/mol. The second kappa shape index (κ2) is 8.02. The first-order valence-corrected chi connectivity index (χ1v) is 8.12. The summed E-state index contributed by atoms with van der Waals surface area (Å²) in [5, 5.41) is 13.4. The van der Waals surface area contributed by atoms with Crippen LogP contribution in [0.5, 0.6) is 5.75 Å². The monoisotopic (exact) mass is 318 g/mol. The number of amides is 1. The van der Waals surface area contributed by atoms with Gasteiger partial charge in [-0.1, -0.05) is 32.4 Å². The van der Waals surface area contributed by atoms with Crippen LogP contribution in [0.15, 0.2) is 30.5 Å². The van der Waals surface area contributed by atoms with Crippen molar-refractivity contribution in [3.05, 3.63) is 30.5 Å². The number of para-hydroxylation sites is 1. The molecule has 23 heavy (non-hydrogen) atoms. The van der Waals surface area contributed by atoms with Gasteiger partial charge in [-0.3, -0.25) is 4.79 Å². The number of rotatable bonds is 8. The molecule has 5 heteroatoms. The summed E-state index contributed by atoms with van der Waals surface area (Å²) in [7, 11) is 1.65. The highest BCUT2D eigenvalue weighted by Crippen LogP contribution is 2.26. The molecule has 0 saturated carbocycles. The molecule has 1 aromatic heterocycles. The Morgan fingerprint density at radius 2 is 2.17 bits per heavy atom. The number of aryl methyl sites for hydroxylation is 1. The molecule has 126 valence electrons. The lowest BCUT2D eigenvalue weighted by Crippen LogP contribution is -2.42.